The second-order valence-corrected chi connectivity index (χ2v) is 12.7. The highest BCUT2D eigenvalue weighted by Crippen LogP contribution is 2.34. The summed E-state index contributed by atoms with van der Waals surface area (Å²) in [5.41, 5.74) is 1.43. The molecule has 1 N–H and O–H groups in total. The maximum Gasteiger partial charge on any atom is 0.308 e. The van der Waals surface area contributed by atoms with Gasteiger partial charge in [-0.1, -0.05) is 13.8 Å². The molecule has 1 heterocycles. The van der Waals surface area contributed by atoms with E-state index in [1.165, 1.54) is 30.5 Å². The van der Waals surface area contributed by atoms with E-state index in [4.69, 9.17) is 4.74 Å². The van der Waals surface area contributed by atoms with Crippen molar-refractivity contribution < 1.29 is 31.9 Å². The van der Waals surface area contributed by atoms with Crippen molar-refractivity contribution in [1.82, 2.24) is 14.8 Å². The van der Waals surface area contributed by atoms with Gasteiger partial charge in [-0.05, 0) is 124 Å². The monoisotopic (exact) mass is 659 g/mol. The second-order valence-electron chi connectivity index (χ2n) is 12.7. The van der Waals surface area contributed by atoms with Gasteiger partial charge in [0.25, 0.3) is 12.0 Å². The van der Waals surface area contributed by atoms with E-state index >= 15 is 4.39 Å². The molecule has 2 aromatic carbocycles. The minimum Gasteiger partial charge on any atom is -0.466 e. The lowest BCUT2D eigenvalue weighted by Gasteiger charge is -2.27. The maximum absolute atomic E-state index is 15.9. The summed E-state index contributed by atoms with van der Waals surface area (Å²) in [4.78, 5) is 42.2. The molecule has 2 unspecified atom stereocenters. The Balaban J connectivity index is 2.18. The van der Waals surface area contributed by atoms with Crippen LogP contribution < -0.4 is 10.9 Å². The zero-order valence-electron chi connectivity index (χ0n) is 28.3. The van der Waals surface area contributed by atoms with Gasteiger partial charge in [0.15, 0.2) is 0 Å². The molecule has 0 radical (unpaired) electrons. The molecule has 0 bridgehead atoms. The highest BCUT2D eigenvalue weighted by molar-refractivity contribution is 5.82. The topological polar surface area (TPSA) is 80.6 Å². The number of benzene rings is 2. The van der Waals surface area contributed by atoms with Crippen molar-refractivity contribution in [3.05, 3.63) is 91.9 Å². The minimum absolute atomic E-state index is 0.00632. The highest BCUT2D eigenvalue weighted by atomic mass is 19.3. The van der Waals surface area contributed by atoms with Crippen LogP contribution in [0, 0.1) is 38.3 Å². The lowest BCUT2D eigenvalue weighted by atomic mass is 9.90. The maximum atomic E-state index is 15.9. The molecule has 1 aromatic heterocycles. The molecule has 0 fully saturated rings. The third kappa shape index (κ3) is 9.53. The number of likely N-dealkylation sites (N-methyl/N-ethyl adjacent to an activating group) is 1. The third-order valence-corrected chi connectivity index (χ3v) is 7.98. The van der Waals surface area contributed by atoms with Crippen molar-refractivity contribution in [3.63, 3.8) is 0 Å². The van der Waals surface area contributed by atoms with Gasteiger partial charge in [-0.3, -0.25) is 14.4 Å². The van der Waals surface area contributed by atoms with Crippen LogP contribution in [0.1, 0.15) is 85.5 Å². The van der Waals surface area contributed by atoms with Crippen LogP contribution in [0.4, 0.5) is 17.6 Å². The lowest BCUT2D eigenvalue weighted by Crippen LogP contribution is -2.41. The third-order valence-electron chi connectivity index (χ3n) is 7.98. The highest BCUT2D eigenvalue weighted by Gasteiger charge is 2.31. The Morgan fingerprint density at radius 2 is 1.60 bits per heavy atom. The molecule has 47 heavy (non-hydrogen) atoms. The number of ether oxygens (including phenoxy) is 1. The first-order valence-electron chi connectivity index (χ1n) is 15.7. The van der Waals surface area contributed by atoms with Crippen LogP contribution in [0.2, 0.25) is 0 Å². The quantitative estimate of drug-likeness (QED) is 0.147. The second kappa shape index (κ2) is 16.2. The van der Waals surface area contributed by atoms with E-state index in [9.17, 15) is 27.6 Å². The fourth-order valence-electron chi connectivity index (χ4n) is 5.81. The number of carbonyl (C=O) groups excluding carboxylic acids is 2. The molecule has 0 aliphatic rings. The average Bonchev–Trinajstić information content (AvgIpc) is 2.96. The van der Waals surface area contributed by atoms with E-state index in [1.54, 1.807) is 33.8 Å². The summed E-state index contributed by atoms with van der Waals surface area (Å²) in [6.45, 7) is 10.8. The molecule has 2 atom stereocenters. The van der Waals surface area contributed by atoms with Gasteiger partial charge in [0.05, 0.1) is 24.6 Å². The van der Waals surface area contributed by atoms with Gasteiger partial charge in [-0.15, -0.1) is 0 Å². The Kier molecular flexibility index (Phi) is 12.9. The Morgan fingerprint density at radius 1 is 0.957 bits per heavy atom. The van der Waals surface area contributed by atoms with Crippen LogP contribution in [-0.4, -0.2) is 48.6 Å². The van der Waals surface area contributed by atoms with Crippen LogP contribution >= 0.6 is 0 Å². The summed E-state index contributed by atoms with van der Waals surface area (Å²) in [6, 6.07) is 4.56. The van der Waals surface area contributed by atoms with Crippen molar-refractivity contribution in [1.29, 1.82) is 0 Å². The number of rotatable bonds is 14. The molecule has 0 saturated heterocycles. The fourth-order valence-corrected chi connectivity index (χ4v) is 5.81. The zero-order valence-corrected chi connectivity index (χ0v) is 28.3. The Hall–Kier alpha value is -3.99. The summed E-state index contributed by atoms with van der Waals surface area (Å²) < 4.78 is 64.4. The van der Waals surface area contributed by atoms with Gasteiger partial charge in [0, 0.05) is 18.3 Å². The predicted octanol–water partition coefficient (Wildman–Crippen LogP) is 7.16. The number of aryl methyl sites for hydroxylation is 3. The zero-order chi connectivity index (χ0) is 35.2. The molecule has 0 saturated carbocycles. The van der Waals surface area contributed by atoms with E-state index in [0.29, 0.717) is 40.8 Å². The molecule has 3 rings (SSSR count). The van der Waals surface area contributed by atoms with Crippen molar-refractivity contribution in [2.24, 2.45) is 5.92 Å². The van der Waals surface area contributed by atoms with Crippen LogP contribution in [0.3, 0.4) is 0 Å². The smallest absolute Gasteiger partial charge is 0.308 e. The molecular weight excluding hydrogens is 614 g/mol. The van der Waals surface area contributed by atoms with Crippen LogP contribution in [0.25, 0.3) is 11.1 Å². The number of alkyl halides is 2. The first-order valence-corrected chi connectivity index (χ1v) is 15.7. The molecule has 0 aliphatic carbocycles. The number of esters is 1. The van der Waals surface area contributed by atoms with Gasteiger partial charge in [-0.2, -0.15) is 0 Å². The molecule has 7 nitrogen and oxygen atoms in total. The first-order chi connectivity index (χ1) is 22.0. The number of nitrogens with zero attached hydrogens (tertiary/aromatic N) is 2. The van der Waals surface area contributed by atoms with E-state index < -0.39 is 59.6 Å². The predicted molar refractivity (Wildman–Crippen MR) is 175 cm³/mol. The number of amides is 1. The van der Waals surface area contributed by atoms with Gasteiger partial charge in [0.1, 0.15) is 17.7 Å². The Labute approximate surface area is 273 Å². The molecule has 3 aromatic rings. The number of hydrogen-bond donors (Lipinski definition) is 1. The molecule has 0 aliphatic heterocycles. The van der Waals surface area contributed by atoms with Crippen molar-refractivity contribution in [2.75, 3.05) is 27.2 Å². The van der Waals surface area contributed by atoms with Crippen LogP contribution in [0.15, 0.2) is 41.3 Å². The number of carbonyl (C=O) groups is 2. The largest absolute Gasteiger partial charge is 0.466 e. The fraction of sp³-hybridized carbons (Fsp3) is 0.472. The lowest BCUT2D eigenvalue weighted by molar-refractivity contribution is -0.144. The van der Waals surface area contributed by atoms with E-state index in [0.717, 1.165) is 4.57 Å². The number of pyridine rings is 1. The normalized spacial score (nSPS) is 12.9. The first kappa shape index (κ1) is 37.5. The number of aromatic nitrogens is 1. The molecular formula is C36H45F4N3O4. The number of hydrogen-bond acceptors (Lipinski definition) is 5. The summed E-state index contributed by atoms with van der Waals surface area (Å²) in [7, 11) is 3.66. The Bertz CT molecular complexity index is 1630. The Morgan fingerprint density at radius 3 is 2.15 bits per heavy atom. The van der Waals surface area contributed by atoms with Crippen molar-refractivity contribution in [3.8, 4) is 11.1 Å². The SMILES string of the molecule is CCOC(=O)CC(NC(=O)C(CC(C)C)n1cc(CCN(C)C)cc(C(F)F)c1=O)c1cc(-c2c(C)cc(F)cc2C)cc(C)c1F. The summed E-state index contributed by atoms with van der Waals surface area (Å²) in [5, 5.41) is 2.76. The summed E-state index contributed by atoms with van der Waals surface area (Å²) in [5.74, 6) is -2.66. The molecule has 0 spiro atoms. The molecule has 1 amide bonds. The number of nitrogens with one attached hydrogen (secondary N) is 1. The minimum atomic E-state index is -3.06. The van der Waals surface area contributed by atoms with Gasteiger partial charge < -0.3 is 19.5 Å². The van der Waals surface area contributed by atoms with Crippen LogP contribution in [0.5, 0.6) is 0 Å². The van der Waals surface area contributed by atoms with E-state index in [2.05, 4.69) is 5.32 Å². The van der Waals surface area contributed by atoms with Gasteiger partial charge in [0.2, 0.25) is 5.91 Å². The molecule has 256 valence electrons. The van der Waals surface area contributed by atoms with E-state index in [1.807, 2.05) is 32.8 Å². The summed E-state index contributed by atoms with van der Waals surface area (Å²) >= 11 is 0. The standard InChI is InChI=1S/C36H45F4N3O4/c1-9-47-31(44)18-29(27-17-25(13-23(6)33(27)38)32-21(4)14-26(37)15-22(32)5)41-35(45)30(12-20(2)3)43-19-24(10-11-42(7)8)16-28(34(39)40)36(43)46/h13-17,19-20,29-30,34H,9-12,18H2,1-8H3,(H,41,45). The number of halogens is 4. The van der Waals surface area contributed by atoms with Gasteiger partial charge in [-0.25, -0.2) is 17.6 Å². The van der Waals surface area contributed by atoms with E-state index in [-0.39, 0.29) is 30.1 Å². The molecule has 11 heteroatoms. The van der Waals surface area contributed by atoms with Gasteiger partial charge >= 0.3 is 5.97 Å². The van der Waals surface area contributed by atoms with Crippen molar-refractivity contribution in [2.45, 2.75) is 79.3 Å². The van der Waals surface area contributed by atoms with Crippen LogP contribution in [-0.2, 0) is 20.7 Å². The average molecular weight is 660 g/mol. The summed E-state index contributed by atoms with van der Waals surface area (Å²) in [6.07, 6.45) is -1.61. The van der Waals surface area contributed by atoms with Crippen molar-refractivity contribution >= 4 is 11.9 Å².